The molecule has 72 heavy (non-hydrogen) atoms. The quantitative estimate of drug-likeness (QED) is 0.0606. The van der Waals surface area contributed by atoms with Crippen LogP contribution in [0.3, 0.4) is 0 Å². The summed E-state index contributed by atoms with van der Waals surface area (Å²) in [6.07, 6.45) is -50.1. The summed E-state index contributed by atoms with van der Waals surface area (Å²) < 4.78 is 63.0. The molecule has 2 amide bonds. The van der Waals surface area contributed by atoms with Crippen molar-refractivity contribution in [3.63, 3.8) is 0 Å². The number of rotatable bonds is 18. The zero-order valence-electron chi connectivity index (χ0n) is 38.6. The molecule has 29 atom stereocenters. The molecule has 6 rings (SSSR count). The molecule has 0 aromatic heterocycles. The molecule has 19 N–H and O–H groups in total. The monoisotopic (exact) mass is 1060 g/mol. The molecule has 0 aromatic carbocycles. The molecule has 0 saturated carbocycles. The number of nitrogens with one attached hydrogen (secondary N) is 2. The van der Waals surface area contributed by atoms with Crippen LogP contribution in [-0.2, 0) is 61.7 Å². The Morgan fingerprint density at radius 3 is 1.24 bits per heavy atom. The Morgan fingerprint density at radius 1 is 0.403 bits per heavy atom. The van der Waals surface area contributed by atoms with Gasteiger partial charge in [-0.25, -0.2) is 0 Å². The third-order valence-corrected chi connectivity index (χ3v) is 13.1. The molecule has 0 spiro atoms. The first-order valence-electron chi connectivity index (χ1n) is 23.0. The minimum atomic E-state index is -2.26. The highest BCUT2D eigenvalue weighted by atomic mass is 16.8. The standard InChI is InChI=1S/C40H68N2O30/c1-10(48)41-12-8-62-15(5-45)32(20(12)50)69-36-19(42-11(2)49)23(53)33(16(6-46)66-36)70-40-31(61)27(57)35(18(68-40)9-63-37-28(58)24(54)21(51)13(3-43)64-37)72-39-30(60)26(56)34(17(7-47)67-39)71-38-29(59)25(55)22(52)14(4-44)65-38/h12-40,43-47,50-61H,3-9H2,1-2H3,(H,41,48)(H,42,49)/t12-,13+,14+,15+,16+,17+,18+,19+,20+,21+,22+,23+,24-,25-,26+,27+,28-,29-,30-,31-,32+,33+,34+,35+,36+,37+,38-,39+,40-/m0/s1. The van der Waals surface area contributed by atoms with E-state index in [9.17, 15) is 96.4 Å². The van der Waals surface area contributed by atoms with Gasteiger partial charge >= 0.3 is 0 Å². The maximum atomic E-state index is 12.5. The number of amides is 2. The number of aliphatic hydroxyl groups excluding tert-OH is 17. The molecule has 0 aliphatic carbocycles. The van der Waals surface area contributed by atoms with E-state index in [4.69, 9.17) is 52.1 Å². The predicted octanol–water partition coefficient (Wildman–Crippen LogP) is -13.1. The van der Waals surface area contributed by atoms with Gasteiger partial charge in [-0.2, -0.15) is 0 Å². The maximum absolute atomic E-state index is 12.5. The Bertz CT molecular complexity index is 1710. The third kappa shape index (κ3) is 12.8. The topological polar surface area (TPSA) is 504 Å². The van der Waals surface area contributed by atoms with Crippen LogP contribution in [0.25, 0.3) is 0 Å². The van der Waals surface area contributed by atoms with Crippen LogP contribution in [0.15, 0.2) is 0 Å². The van der Waals surface area contributed by atoms with Crippen LogP contribution in [-0.4, -0.2) is 323 Å². The van der Waals surface area contributed by atoms with Crippen LogP contribution in [0.1, 0.15) is 13.8 Å². The van der Waals surface area contributed by atoms with E-state index in [0.29, 0.717) is 0 Å². The maximum Gasteiger partial charge on any atom is 0.217 e. The summed E-state index contributed by atoms with van der Waals surface area (Å²) in [5.74, 6) is -1.33. The van der Waals surface area contributed by atoms with Crippen molar-refractivity contribution in [2.45, 2.75) is 192 Å². The second-order valence-corrected chi connectivity index (χ2v) is 18.2. The van der Waals surface area contributed by atoms with Crippen LogP contribution in [0.2, 0.25) is 0 Å². The summed E-state index contributed by atoms with van der Waals surface area (Å²) >= 11 is 0. The van der Waals surface area contributed by atoms with E-state index < -0.39 is 229 Å². The Labute approximate surface area is 408 Å². The first-order valence-corrected chi connectivity index (χ1v) is 23.0. The summed E-state index contributed by atoms with van der Waals surface area (Å²) in [5.41, 5.74) is 0. The molecule has 6 aliphatic rings. The van der Waals surface area contributed by atoms with E-state index >= 15 is 0 Å². The molecule has 32 heteroatoms. The summed E-state index contributed by atoms with van der Waals surface area (Å²) in [7, 11) is 0. The molecule has 0 bridgehead atoms. The number of carbonyl (C=O) groups excluding carboxylic acids is 2. The van der Waals surface area contributed by atoms with Crippen LogP contribution in [0, 0.1) is 0 Å². The molecule has 6 saturated heterocycles. The Balaban J connectivity index is 1.23. The van der Waals surface area contributed by atoms with Crippen molar-refractivity contribution in [3.05, 3.63) is 0 Å². The molecule has 32 nitrogen and oxygen atoms in total. The number of hydrogen-bond donors (Lipinski definition) is 19. The number of aliphatic hydroxyl groups is 17. The van der Waals surface area contributed by atoms with Crippen molar-refractivity contribution in [3.8, 4) is 0 Å². The third-order valence-electron chi connectivity index (χ3n) is 13.1. The smallest absolute Gasteiger partial charge is 0.217 e. The molecule has 0 radical (unpaired) electrons. The van der Waals surface area contributed by atoms with E-state index in [1.165, 1.54) is 6.92 Å². The molecule has 0 unspecified atom stereocenters. The number of ether oxygens (including phenoxy) is 11. The molecule has 418 valence electrons. The van der Waals surface area contributed by atoms with Gasteiger partial charge in [0.15, 0.2) is 31.5 Å². The minimum absolute atomic E-state index is 0.246. The first-order chi connectivity index (χ1) is 34.1. The normalized spacial score (nSPS) is 49.2. The molecule has 6 heterocycles. The zero-order valence-corrected chi connectivity index (χ0v) is 38.6. The van der Waals surface area contributed by atoms with Crippen molar-refractivity contribution in [2.24, 2.45) is 0 Å². The van der Waals surface area contributed by atoms with Gasteiger partial charge in [-0.05, 0) is 0 Å². The molecule has 0 aromatic rings. The van der Waals surface area contributed by atoms with Crippen LogP contribution in [0.5, 0.6) is 0 Å². The molecular formula is C40H68N2O30. The van der Waals surface area contributed by atoms with Gasteiger partial charge in [0.1, 0.15) is 140 Å². The van der Waals surface area contributed by atoms with Crippen molar-refractivity contribution in [2.75, 3.05) is 46.2 Å². The van der Waals surface area contributed by atoms with E-state index in [-0.39, 0.29) is 6.61 Å². The minimum Gasteiger partial charge on any atom is -0.394 e. The SMILES string of the molecule is CC(=O)N[C@H]1[C@@H](O[C@H]2[C@H](O)[C@@H](NC(C)=O)CO[C@@H]2CO)O[C@H](CO)[C@@H](O[C@@H]2O[C@H](CO[C@@H]3O[C@H](CO)[C@@H](O)[C@H](O)[C@@H]3O)[C@@H](O[C@H]3O[C@H](CO)[C@@H](O[C@@H]4O[C@H](CO)[C@@H](O)[C@H](O)[C@@H]4O)[C@H](O)[C@@H]3O)[C@H](O)[C@@H]2O)[C@@H]1O. The highest BCUT2D eigenvalue weighted by Gasteiger charge is 2.57. The lowest BCUT2D eigenvalue weighted by Crippen LogP contribution is -2.70. The van der Waals surface area contributed by atoms with E-state index in [1.807, 2.05) is 0 Å². The molecular weight excluding hydrogens is 988 g/mol. The fraction of sp³-hybridized carbons (Fsp3) is 0.950. The van der Waals surface area contributed by atoms with Crippen molar-refractivity contribution in [1.82, 2.24) is 10.6 Å². The number of carbonyl (C=O) groups is 2. The lowest BCUT2D eigenvalue weighted by atomic mass is 9.94. The molecule has 6 aliphatic heterocycles. The average molecular weight is 1060 g/mol. The fourth-order valence-corrected chi connectivity index (χ4v) is 9.17. The second-order valence-electron chi connectivity index (χ2n) is 18.2. The largest absolute Gasteiger partial charge is 0.394 e. The summed E-state index contributed by atoms with van der Waals surface area (Å²) in [5, 5.41) is 186. The van der Waals surface area contributed by atoms with E-state index in [0.717, 1.165) is 6.92 Å². The lowest BCUT2D eigenvalue weighted by Gasteiger charge is -2.50. The van der Waals surface area contributed by atoms with Gasteiger partial charge in [0.05, 0.1) is 52.3 Å². The van der Waals surface area contributed by atoms with Crippen LogP contribution in [0.4, 0.5) is 0 Å². The van der Waals surface area contributed by atoms with Gasteiger partial charge in [-0.3, -0.25) is 9.59 Å². The van der Waals surface area contributed by atoms with Gasteiger partial charge in [0.25, 0.3) is 0 Å². The van der Waals surface area contributed by atoms with Crippen LogP contribution < -0.4 is 10.6 Å². The second kappa shape index (κ2) is 25.8. The summed E-state index contributed by atoms with van der Waals surface area (Å²) in [6.45, 7) is -3.40. The number of hydrogen-bond acceptors (Lipinski definition) is 30. The van der Waals surface area contributed by atoms with Gasteiger partial charge in [0.2, 0.25) is 11.8 Å². The van der Waals surface area contributed by atoms with E-state index in [1.54, 1.807) is 0 Å². The summed E-state index contributed by atoms with van der Waals surface area (Å²) in [6, 6.07) is -2.71. The average Bonchev–Trinajstić information content (AvgIpc) is 3.35. The van der Waals surface area contributed by atoms with Crippen molar-refractivity contribution in [1.29, 1.82) is 0 Å². The molecule has 6 fully saturated rings. The Kier molecular flexibility index (Phi) is 21.1. The zero-order chi connectivity index (χ0) is 53.0. The van der Waals surface area contributed by atoms with Gasteiger partial charge < -0.3 is 150 Å². The summed E-state index contributed by atoms with van der Waals surface area (Å²) in [4.78, 5) is 24.3. The lowest BCUT2D eigenvalue weighted by molar-refractivity contribution is -0.391. The Morgan fingerprint density at radius 2 is 0.764 bits per heavy atom. The highest BCUT2D eigenvalue weighted by molar-refractivity contribution is 5.73. The van der Waals surface area contributed by atoms with Gasteiger partial charge in [-0.1, -0.05) is 0 Å². The first kappa shape index (κ1) is 59.1. The van der Waals surface area contributed by atoms with Crippen LogP contribution >= 0.6 is 0 Å². The van der Waals surface area contributed by atoms with Gasteiger partial charge in [0, 0.05) is 13.8 Å². The Hall–Kier alpha value is -2.18. The predicted molar refractivity (Wildman–Crippen MR) is 221 cm³/mol. The van der Waals surface area contributed by atoms with E-state index in [2.05, 4.69) is 10.6 Å². The van der Waals surface area contributed by atoms with Gasteiger partial charge in [-0.15, -0.1) is 0 Å². The highest BCUT2D eigenvalue weighted by Crippen LogP contribution is 2.36. The van der Waals surface area contributed by atoms with Crippen molar-refractivity contribution >= 4 is 11.8 Å². The fourth-order valence-electron chi connectivity index (χ4n) is 9.17. The van der Waals surface area contributed by atoms with Crippen molar-refractivity contribution < 1.29 is 149 Å².